The zero-order chi connectivity index (χ0) is 16.4. The van der Waals surface area contributed by atoms with Crippen LogP contribution in [0.3, 0.4) is 0 Å². The van der Waals surface area contributed by atoms with E-state index in [0.717, 1.165) is 23.5 Å². The highest BCUT2D eigenvalue weighted by Crippen LogP contribution is 2.06. The number of rotatable bonds is 8. The van der Waals surface area contributed by atoms with Gasteiger partial charge in [0.05, 0.1) is 0 Å². The Morgan fingerprint density at radius 1 is 0.952 bits per heavy atom. The van der Waals surface area contributed by atoms with Crippen LogP contribution in [0.25, 0.3) is 0 Å². The fourth-order valence-electron chi connectivity index (χ4n) is 1.21. The van der Waals surface area contributed by atoms with Gasteiger partial charge in [0.25, 0.3) is 0 Å². The van der Waals surface area contributed by atoms with Crippen LogP contribution in [0.4, 0.5) is 0 Å². The maximum absolute atomic E-state index is 12.0. The van der Waals surface area contributed by atoms with Gasteiger partial charge in [-0.15, -0.1) is 0 Å². The van der Waals surface area contributed by atoms with Crippen molar-refractivity contribution in [2.75, 3.05) is 18.1 Å². The Balaban J connectivity index is 4.40. The molecule has 2 N–H and O–H groups in total. The number of nitrogens with one attached hydrogen (secondary N) is 2. The van der Waals surface area contributed by atoms with Crippen molar-refractivity contribution in [2.45, 2.75) is 33.7 Å². The molecule has 120 valence electrons. The van der Waals surface area contributed by atoms with Crippen molar-refractivity contribution in [3.05, 3.63) is 0 Å². The second-order valence-corrected chi connectivity index (χ2v) is 7.12. The van der Waals surface area contributed by atoms with E-state index in [2.05, 4.69) is 10.6 Å². The third-order valence-corrected chi connectivity index (χ3v) is 4.04. The van der Waals surface area contributed by atoms with Gasteiger partial charge in [0, 0.05) is 37.8 Å². The fraction of sp³-hybridized carbons (Fsp3) is 0.692. The number of thioether (sulfide) groups is 2. The van der Waals surface area contributed by atoms with Crippen molar-refractivity contribution in [3.8, 4) is 0 Å². The SMILES string of the molecule is CC(=O)SCCNC(=O)[C@H](CSC(C)=O)NC(=O)C(C)C. The Kier molecular flexibility index (Phi) is 10.2. The molecule has 21 heavy (non-hydrogen) atoms. The molecule has 0 unspecified atom stereocenters. The van der Waals surface area contributed by atoms with Crippen LogP contribution in [0.1, 0.15) is 27.7 Å². The lowest BCUT2D eigenvalue weighted by atomic mass is 10.2. The van der Waals surface area contributed by atoms with E-state index >= 15 is 0 Å². The molecular formula is C13H22N2O4S2. The summed E-state index contributed by atoms with van der Waals surface area (Å²) in [5.74, 6) is -0.152. The van der Waals surface area contributed by atoms with E-state index in [1.165, 1.54) is 13.8 Å². The second-order valence-electron chi connectivity index (χ2n) is 4.65. The first-order valence-electron chi connectivity index (χ1n) is 6.58. The Morgan fingerprint density at radius 3 is 2.00 bits per heavy atom. The number of amides is 2. The molecule has 0 rings (SSSR count). The third-order valence-electron chi connectivity index (χ3n) is 2.32. The molecule has 0 aliphatic carbocycles. The van der Waals surface area contributed by atoms with Crippen molar-refractivity contribution >= 4 is 45.6 Å². The summed E-state index contributed by atoms with van der Waals surface area (Å²) in [5, 5.41) is 5.15. The van der Waals surface area contributed by atoms with Crippen LogP contribution in [0, 0.1) is 5.92 Å². The van der Waals surface area contributed by atoms with E-state index in [0.29, 0.717) is 12.3 Å². The molecule has 0 fully saturated rings. The summed E-state index contributed by atoms with van der Waals surface area (Å²) in [5.41, 5.74) is 0. The normalized spacial score (nSPS) is 11.9. The minimum absolute atomic E-state index is 0.0129. The number of hydrogen-bond acceptors (Lipinski definition) is 6. The van der Waals surface area contributed by atoms with Crippen LogP contribution in [0.15, 0.2) is 0 Å². The van der Waals surface area contributed by atoms with E-state index in [9.17, 15) is 19.2 Å². The quantitative estimate of drug-likeness (QED) is 0.638. The van der Waals surface area contributed by atoms with Crippen molar-refractivity contribution in [1.29, 1.82) is 0 Å². The zero-order valence-electron chi connectivity index (χ0n) is 12.7. The molecule has 0 saturated heterocycles. The van der Waals surface area contributed by atoms with Crippen LogP contribution in [-0.4, -0.2) is 46.1 Å². The Bertz CT molecular complexity index is 400. The van der Waals surface area contributed by atoms with Gasteiger partial charge in [0.15, 0.2) is 10.2 Å². The molecule has 0 aliphatic heterocycles. The summed E-state index contributed by atoms with van der Waals surface area (Å²) in [4.78, 5) is 45.5. The number of carbonyl (C=O) groups excluding carboxylic acids is 4. The average Bonchev–Trinajstić information content (AvgIpc) is 2.38. The highest BCUT2D eigenvalue weighted by Gasteiger charge is 2.22. The number of hydrogen-bond donors (Lipinski definition) is 2. The molecule has 0 aromatic carbocycles. The van der Waals surface area contributed by atoms with Gasteiger partial charge in [-0.1, -0.05) is 37.4 Å². The first kappa shape index (κ1) is 20.0. The lowest BCUT2D eigenvalue weighted by molar-refractivity contribution is -0.130. The van der Waals surface area contributed by atoms with Gasteiger partial charge >= 0.3 is 0 Å². The molecule has 0 bridgehead atoms. The summed E-state index contributed by atoms with van der Waals surface area (Å²) in [6.45, 7) is 6.66. The van der Waals surface area contributed by atoms with Gasteiger partial charge in [0.2, 0.25) is 11.8 Å². The van der Waals surface area contributed by atoms with Gasteiger partial charge in [-0.2, -0.15) is 0 Å². The van der Waals surface area contributed by atoms with Gasteiger partial charge < -0.3 is 10.6 Å². The van der Waals surface area contributed by atoms with Gasteiger partial charge in [-0.05, 0) is 0 Å². The average molecular weight is 334 g/mol. The van der Waals surface area contributed by atoms with Gasteiger partial charge in [-0.3, -0.25) is 19.2 Å². The molecule has 0 heterocycles. The van der Waals surface area contributed by atoms with Gasteiger partial charge in [-0.25, -0.2) is 0 Å². The zero-order valence-corrected chi connectivity index (χ0v) is 14.4. The molecule has 0 radical (unpaired) electrons. The van der Waals surface area contributed by atoms with E-state index in [4.69, 9.17) is 0 Å². The van der Waals surface area contributed by atoms with Crippen molar-refractivity contribution in [3.63, 3.8) is 0 Å². The van der Waals surface area contributed by atoms with Crippen molar-refractivity contribution < 1.29 is 19.2 Å². The first-order valence-corrected chi connectivity index (χ1v) is 8.56. The molecule has 2 amide bonds. The predicted molar refractivity (Wildman–Crippen MR) is 86.1 cm³/mol. The predicted octanol–water partition coefficient (Wildman–Crippen LogP) is 0.803. The topological polar surface area (TPSA) is 92.3 Å². The molecule has 1 atom stereocenters. The van der Waals surface area contributed by atoms with Crippen LogP contribution < -0.4 is 10.6 Å². The monoisotopic (exact) mass is 334 g/mol. The Morgan fingerprint density at radius 2 is 1.52 bits per heavy atom. The van der Waals surface area contributed by atoms with E-state index < -0.39 is 6.04 Å². The highest BCUT2D eigenvalue weighted by molar-refractivity contribution is 8.13. The Hall–Kier alpha value is -1.02. The molecule has 0 saturated carbocycles. The highest BCUT2D eigenvalue weighted by atomic mass is 32.2. The lowest BCUT2D eigenvalue weighted by Crippen LogP contribution is -2.49. The fourth-order valence-corrected chi connectivity index (χ4v) is 2.34. The Labute approximate surface area is 133 Å². The molecule has 0 aliphatic rings. The molecule has 6 nitrogen and oxygen atoms in total. The standard InChI is InChI=1S/C13H22N2O4S2/c1-8(2)12(18)15-11(7-21-10(4)17)13(19)14-5-6-20-9(3)16/h8,11H,5-7H2,1-4H3,(H,14,19)(H,15,18)/t11-/m0/s1. The minimum atomic E-state index is -0.754. The smallest absolute Gasteiger partial charge is 0.243 e. The third kappa shape index (κ3) is 10.4. The largest absolute Gasteiger partial charge is 0.353 e. The van der Waals surface area contributed by atoms with Gasteiger partial charge in [0.1, 0.15) is 6.04 Å². The van der Waals surface area contributed by atoms with Crippen LogP contribution in [-0.2, 0) is 19.2 Å². The molecule has 0 aromatic rings. The first-order chi connectivity index (χ1) is 9.73. The van der Waals surface area contributed by atoms with Crippen LogP contribution in [0.5, 0.6) is 0 Å². The molecule has 8 heteroatoms. The van der Waals surface area contributed by atoms with Crippen molar-refractivity contribution in [2.24, 2.45) is 5.92 Å². The van der Waals surface area contributed by atoms with E-state index in [1.807, 2.05) is 0 Å². The minimum Gasteiger partial charge on any atom is -0.353 e. The molecular weight excluding hydrogens is 312 g/mol. The lowest BCUT2D eigenvalue weighted by Gasteiger charge is -2.18. The second kappa shape index (κ2) is 10.7. The summed E-state index contributed by atoms with van der Waals surface area (Å²) >= 11 is 2.11. The number of carbonyl (C=O) groups is 4. The molecule has 0 aromatic heterocycles. The summed E-state index contributed by atoms with van der Waals surface area (Å²) in [6.07, 6.45) is 0. The summed E-state index contributed by atoms with van der Waals surface area (Å²) < 4.78 is 0. The van der Waals surface area contributed by atoms with E-state index in [-0.39, 0.29) is 33.7 Å². The van der Waals surface area contributed by atoms with Crippen LogP contribution in [0.2, 0.25) is 0 Å². The van der Waals surface area contributed by atoms with Crippen LogP contribution >= 0.6 is 23.5 Å². The molecule has 0 spiro atoms. The van der Waals surface area contributed by atoms with Crippen molar-refractivity contribution in [1.82, 2.24) is 10.6 Å². The summed E-state index contributed by atoms with van der Waals surface area (Å²) in [6, 6.07) is -0.754. The van der Waals surface area contributed by atoms with E-state index in [1.54, 1.807) is 13.8 Å². The maximum atomic E-state index is 12.0. The maximum Gasteiger partial charge on any atom is 0.243 e. The summed E-state index contributed by atoms with van der Waals surface area (Å²) in [7, 11) is 0.